The fourth-order valence-corrected chi connectivity index (χ4v) is 2.78. The van der Waals surface area contributed by atoms with E-state index < -0.39 is 0 Å². The van der Waals surface area contributed by atoms with Crippen molar-refractivity contribution in [1.29, 1.82) is 0 Å². The summed E-state index contributed by atoms with van der Waals surface area (Å²) in [5.74, 6) is 0. The van der Waals surface area contributed by atoms with Crippen LogP contribution in [0.2, 0.25) is 0 Å². The molecule has 0 saturated heterocycles. The summed E-state index contributed by atoms with van der Waals surface area (Å²) >= 11 is 1.86. The topological polar surface area (TPSA) is 23.5 Å². The summed E-state index contributed by atoms with van der Waals surface area (Å²) in [7, 11) is 0. The smallest absolute Gasteiger partial charge is 0.0664 e. The minimum absolute atomic E-state index is 0.157. The van der Waals surface area contributed by atoms with E-state index in [1.807, 2.05) is 18.3 Å². The molecule has 2 nitrogen and oxygen atoms in total. The van der Waals surface area contributed by atoms with Crippen LogP contribution >= 0.6 is 11.3 Å². The summed E-state index contributed by atoms with van der Waals surface area (Å²) in [4.78, 5) is 3.88. The predicted octanol–water partition coefficient (Wildman–Crippen LogP) is 1.88. The van der Waals surface area contributed by atoms with Crippen LogP contribution in [0, 0.1) is 0 Å². The second kappa shape index (κ2) is 4.43. The first-order valence-corrected chi connectivity index (χ1v) is 6.13. The molecule has 0 aliphatic carbocycles. The van der Waals surface area contributed by atoms with Gasteiger partial charge in [0.1, 0.15) is 0 Å². The van der Waals surface area contributed by atoms with Gasteiger partial charge < -0.3 is 5.11 Å². The van der Waals surface area contributed by atoms with Gasteiger partial charge in [-0.3, -0.25) is 4.90 Å². The third kappa shape index (κ3) is 2.16. The molecule has 0 saturated carbocycles. The molecule has 1 aromatic heterocycles. The van der Waals surface area contributed by atoms with Crippen LogP contribution in [0.25, 0.3) is 0 Å². The molecule has 0 amide bonds. The molecular formula is C11H17NOS. The Kier molecular flexibility index (Phi) is 3.21. The zero-order chi connectivity index (χ0) is 9.97. The van der Waals surface area contributed by atoms with Crippen LogP contribution in [-0.4, -0.2) is 29.2 Å². The lowest BCUT2D eigenvalue weighted by atomic mass is 10.1. The average molecular weight is 211 g/mol. The zero-order valence-electron chi connectivity index (χ0n) is 8.57. The molecule has 1 unspecified atom stereocenters. The van der Waals surface area contributed by atoms with Gasteiger partial charge in [0.2, 0.25) is 0 Å². The van der Waals surface area contributed by atoms with Crippen molar-refractivity contribution in [3.63, 3.8) is 0 Å². The number of fused-ring (bicyclic) bond motifs is 1. The van der Waals surface area contributed by atoms with Crippen molar-refractivity contribution in [2.24, 2.45) is 0 Å². The lowest BCUT2D eigenvalue weighted by molar-refractivity contribution is 0.103. The monoisotopic (exact) mass is 211 g/mol. The number of aliphatic hydroxyl groups excluding tert-OH is 1. The molecule has 2 rings (SSSR count). The molecule has 0 fully saturated rings. The highest BCUT2D eigenvalue weighted by Crippen LogP contribution is 2.23. The van der Waals surface area contributed by atoms with E-state index in [-0.39, 0.29) is 6.10 Å². The molecule has 1 aliphatic heterocycles. The maximum absolute atomic E-state index is 9.57. The van der Waals surface area contributed by atoms with Gasteiger partial charge in [0, 0.05) is 24.5 Å². The highest BCUT2D eigenvalue weighted by molar-refractivity contribution is 7.10. The van der Waals surface area contributed by atoms with Gasteiger partial charge in [-0.15, -0.1) is 11.3 Å². The molecule has 14 heavy (non-hydrogen) atoms. The van der Waals surface area contributed by atoms with Crippen molar-refractivity contribution in [2.45, 2.75) is 32.4 Å². The van der Waals surface area contributed by atoms with Gasteiger partial charge in [-0.2, -0.15) is 0 Å². The summed E-state index contributed by atoms with van der Waals surface area (Å²) in [6.45, 7) is 4.98. The molecule has 1 aromatic rings. The van der Waals surface area contributed by atoms with E-state index >= 15 is 0 Å². The Morgan fingerprint density at radius 1 is 1.64 bits per heavy atom. The van der Waals surface area contributed by atoms with Crippen LogP contribution in [0.4, 0.5) is 0 Å². The normalized spacial score (nSPS) is 19.3. The van der Waals surface area contributed by atoms with Crippen LogP contribution in [-0.2, 0) is 13.0 Å². The Bertz CT molecular complexity index is 297. The largest absolute Gasteiger partial charge is 0.392 e. The van der Waals surface area contributed by atoms with Crippen molar-refractivity contribution in [2.75, 3.05) is 13.1 Å². The van der Waals surface area contributed by atoms with Gasteiger partial charge in [0.15, 0.2) is 0 Å². The SMILES string of the molecule is CCC(O)CN1CCc2sccc2C1. The second-order valence-corrected chi connectivity index (χ2v) is 4.92. The van der Waals surface area contributed by atoms with E-state index in [0.717, 1.165) is 32.5 Å². The fraction of sp³-hybridized carbons (Fsp3) is 0.636. The van der Waals surface area contributed by atoms with Gasteiger partial charge in [0.05, 0.1) is 6.10 Å². The van der Waals surface area contributed by atoms with Crippen molar-refractivity contribution in [3.8, 4) is 0 Å². The van der Waals surface area contributed by atoms with Gasteiger partial charge in [0.25, 0.3) is 0 Å². The molecule has 1 aliphatic rings. The quantitative estimate of drug-likeness (QED) is 0.825. The summed E-state index contributed by atoms with van der Waals surface area (Å²) in [5.41, 5.74) is 1.46. The average Bonchev–Trinajstić information content (AvgIpc) is 2.64. The van der Waals surface area contributed by atoms with Crippen LogP contribution in [0.5, 0.6) is 0 Å². The summed E-state index contributed by atoms with van der Waals surface area (Å²) in [5, 5.41) is 11.7. The molecule has 0 radical (unpaired) electrons. The lowest BCUT2D eigenvalue weighted by Gasteiger charge is -2.28. The molecule has 1 atom stereocenters. The Labute approximate surface area is 89.2 Å². The maximum Gasteiger partial charge on any atom is 0.0664 e. The van der Waals surface area contributed by atoms with Gasteiger partial charge in [-0.05, 0) is 29.9 Å². The predicted molar refractivity (Wildman–Crippen MR) is 59.6 cm³/mol. The van der Waals surface area contributed by atoms with Crippen molar-refractivity contribution in [1.82, 2.24) is 4.90 Å². The number of aliphatic hydroxyl groups is 1. The first kappa shape index (κ1) is 10.1. The number of hydrogen-bond acceptors (Lipinski definition) is 3. The number of rotatable bonds is 3. The highest BCUT2D eigenvalue weighted by Gasteiger charge is 2.18. The van der Waals surface area contributed by atoms with Crippen LogP contribution < -0.4 is 0 Å². The van der Waals surface area contributed by atoms with E-state index in [9.17, 15) is 5.11 Å². The van der Waals surface area contributed by atoms with Crippen LogP contribution in [0.3, 0.4) is 0 Å². The van der Waals surface area contributed by atoms with E-state index in [4.69, 9.17) is 0 Å². The Balaban J connectivity index is 1.94. The van der Waals surface area contributed by atoms with Crippen LogP contribution in [0.1, 0.15) is 23.8 Å². The number of nitrogens with zero attached hydrogens (tertiary/aromatic N) is 1. The number of thiophene rings is 1. The molecule has 0 bridgehead atoms. The van der Waals surface area contributed by atoms with Crippen LogP contribution in [0.15, 0.2) is 11.4 Å². The van der Waals surface area contributed by atoms with Crippen molar-refractivity contribution >= 4 is 11.3 Å². The lowest BCUT2D eigenvalue weighted by Crippen LogP contribution is -2.35. The molecular weight excluding hydrogens is 194 g/mol. The van der Waals surface area contributed by atoms with Gasteiger partial charge in [-0.25, -0.2) is 0 Å². The Morgan fingerprint density at radius 2 is 2.50 bits per heavy atom. The summed E-state index contributed by atoms with van der Waals surface area (Å²) in [6.07, 6.45) is 1.85. The maximum atomic E-state index is 9.57. The molecule has 2 heterocycles. The minimum atomic E-state index is -0.157. The molecule has 78 valence electrons. The van der Waals surface area contributed by atoms with Gasteiger partial charge in [-0.1, -0.05) is 6.92 Å². The molecule has 0 aromatic carbocycles. The second-order valence-electron chi connectivity index (χ2n) is 3.92. The Morgan fingerprint density at radius 3 is 3.29 bits per heavy atom. The summed E-state index contributed by atoms with van der Waals surface area (Å²) < 4.78 is 0. The van der Waals surface area contributed by atoms with E-state index in [2.05, 4.69) is 16.3 Å². The van der Waals surface area contributed by atoms with Crippen molar-refractivity contribution in [3.05, 3.63) is 21.9 Å². The number of β-amino-alcohol motifs (C(OH)–C–C–N with tert-alkyl or cyclic N) is 1. The third-order valence-electron chi connectivity index (χ3n) is 2.83. The molecule has 0 spiro atoms. The molecule has 1 N–H and O–H groups in total. The standard InChI is InChI=1S/C11H17NOS/c1-2-10(13)8-12-5-3-11-9(7-12)4-6-14-11/h4,6,10,13H,2-3,5,7-8H2,1H3. The van der Waals surface area contributed by atoms with E-state index in [0.29, 0.717) is 0 Å². The zero-order valence-corrected chi connectivity index (χ0v) is 9.39. The van der Waals surface area contributed by atoms with E-state index in [1.54, 1.807) is 0 Å². The minimum Gasteiger partial charge on any atom is -0.392 e. The third-order valence-corrected chi connectivity index (χ3v) is 3.85. The molecule has 3 heteroatoms. The highest BCUT2D eigenvalue weighted by atomic mass is 32.1. The number of hydrogen-bond donors (Lipinski definition) is 1. The Hall–Kier alpha value is -0.380. The summed E-state index contributed by atoms with van der Waals surface area (Å²) in [6, 6.07) is 2.21. The fourth-order valence-electron chi connectivity index (χ4n) is 1.89. The van der Waals surface area contributed by atoms with Crippen molar-refractivity contribution < 1.29 is 5.11 Å². The van der Waals surface area contributed by atoms with Gasteiger partial charge >= 0.3 is 0 Å². The van der Waals surface area contributed by atoms with E-state index in [1.165, 1.54) is 10.4 Å². The first-order chi connectivity index (χ1) is 6.79. The first-order valence-electron chi connectivity index (χ1n) is 5.25.